The highest BCUT2D eigenvalue weighted by molar-refractivity contribution is 7.92. The van der Waals surface area contributed by atoms with Crippen LogP contribution in [0, 0.1) is 17.5 Å². The van der Waals surface area contributed by atoms with E-state index in [4.69, 9.17) is 16.3 Å². The van der Waals surface area contributed by atoms with Crippen LogP contribution in [-0.4, -0.2) is 31.4 Å². The average molecular weight is 504 g/mol. The molecule has 0 aliphatic carbocycles. The van der Waals surface area contributed by atoms with E-state index in [2.05, 4.69) is 9.71 Å². The summed E-state index contributed by atoms with van der Waals surface area (Å²) < 4.78 is 75.9. The number of aromatic nitrogens is 1. The monoisotopic (exact) mass is 503 g/mol. The fraction of sp³-hybridized carbons (Fsp3) is 0.250. The first-order valence-electron chi connectivity index (χ1n) is 9.45. The molecule has 32 heavy (non-hydrogen) atoms. The van der Waals surface area contributed by atoms with Crippen LogP contribution in [-0.2, 0) is 23.2 Å². The standard InChI is InChI=1S/C20H17ClF3N3O3S2/c21-14-6-19(32(28,29)26-20-10-31-11-25-20)17(24)7-18(14)30-9-13-12(8-27-4-1-5-27)15(22)2-3-16(13)23/h2-3,6-7,10-11,26H,1,4-5,8-9H2. The van der Waals surface area contributed by atoms with Crippen LogP contribution >= 0.6 is 22.9 Å². The summed E-state index contributed by atoms with van der Waals surface area (Å²) in [5.74, 6) is -2.50. The van der Waals surface area contributed by atoms with Crippen LogP contribution in [0.2, 0.25) is 5.02 Å². The number of anilines is 1. The van der Waals surface area contributed by atoms with Gasteiger partial charge in [-0.2, -0.15) is 0 Å². The van der Waals surface area contributed by atoms with E-state index >= 15 is 0 Å². The molecule has 4 rings (SSSR count). The van der Waals surface area contributed by atoms with Crippen molar-refractivity contribution in [3.05, 3.63) is 68.8 Å². The predicted molar refractivity (Wildman–Crippen MR) is 115 cm³/mol. The molecule has 1 fully saturated rings. The van der Waals surface area contributed by atoms with E-state index in [1.165, 1.54) is 10.9 Å². The number of rotatable bonds is 8. The van der Waals surface area contributed by atoms with Crippen molar-refractivity contribution in [3.63, 3.8) is 0 Å². The fourth-order valence-electron chi connectivity index (χ4n) is 3.16. The van der Waals surface area contributed by atoms with Gasteiger partial charge in [0.05, 0.1) is 10.5 Å². The third kappa shape index (κ3) is 4.85. The van der Waals surface area contributed by atoms with Gasteiger partial charge in [-0.3, -0.25) is 9.62 Å². The molecule has 12 heteroatoms. The van der Waals surface area contributed by atoms with Crippen molar-refractivity contribution < 1.29 is 26.3 Å². The Labute approximate surface area is 191 Å². The molecule has 1 N–H and O–H groups in total. The minimum absolute atomic E-state index is 0.00438. The van der Waals surface area contributed by atoms with Crippen LogP contribution in [0.1, 0.15) is 17.5 Å². The zero-order chi connectivity index (χ0) is 22.9. The van der Waals surface area contributed by atoms with Gasteiger partial charge in [0.15, 0.2) is 5.82 Å². The van der Waals surface area contributed by atoms with Crippen molar-refractivity contribution in [2.24, 2.45) is 0 Å². The molecule has 1 aliphatic rings. The summed E-state index contributed by atoms with van der Waals surface area (Å²) in [6.45, 7) is 1.40. The van der Waals surface area contributed by atoms with E-state index in [1.807, 2.05) is 4.90 Å². The zero-order valence-corrected chi connectivity index (χ0v) is 18.8. The summed E-state index contributed by atoms with van der Waals surface area (Å²) in [7, 11) is -4.29. The van der Waals surface area contributed by atoms with Crippen LogP contribution in [0.5, 0.6) is 5.75 Å². The van der Waals surface area contributed by atoms with Gasteiger partial charge >= 0.3 is 0 Å². The first-order valence-corrected chi connectivity index (χ1v) is 12.3. The molecule has 6 nitrogen and oxygen atoms in total. The van der Waals surface area contributed by atoms with Gasteiger partial charge in [0.2, 0.25) is 0 Å². The molecule has 2 heterocycles. The maximum Gasteiger partial charge on any atom is 0.266 e. The Bertz CT molecular complexity index is 1240. The van der Waals surface area contributed by atoms with Crippen molar-refractivity contribution >= 4 is 38.8 Å². The maximum atomic E-state index is 14.6. The van der Waals surface area contributed by atoms with Gasteiger partial charge in [-0.25, -0.2) is 26.6 Å². The molecule has 0 atom stereocenters. The Morgan fingerprint density at radius 2 is 1.84 bits per heavy atom. The quantitative estimate of drug-likeness (QED) is 0.478. The Morgan fingerprint density at radius 3 is 2.47 bits per heavy atom. The molecule has 1 aromatic heterocycles. The number of thiazole rings is 1. The molecule has 170 valence electrons. The van der Waals surface area contributed by atoms with Crippen LogP contribution in [0.3, 0.4) is 0 Å². The van der Waals surface area contributed by atoms with E-state index in [9.17, 15) is 21.6 Å². The Morgan fingerprint density at radius 1 is 1.12 bits per heavy atom. The fourth-order valence-corrected chi connectivity index (χ4v) is 5.09. The number of ether oxygens (including phenoxy) is 1. The lowest BCUT2D eigenvalue weighted by Crippen LogP contribution is -2.37. The summed E-state index contributed by atoms with van der Waals surface area (Å²) in [6, 6.07) is 3.74. The largest absolute Gasteiger partial charge is 0.487 e. The van der Waals surface area contributed by atoms with E-state index in [1.54, 1.807) is 0 Å². The molecular formula is C20H17ClF3N3O3S2. The molecule has 3 aromatic rings. The van der Waals surface area contributed by atoms with Gasteiger partial charge in [0.1, 0.15) is 34.7 Å². The molecule has 2 aromatic carbocycles. The Hall–Kier alpha value is -2.34. The third-order valence-corrected chi connectivity index (χ3v) is 7.22. The molecule has 1 aliphatic heterocycles. The molecule has 0 amide bonds. The number of nitrogens with zero attached hydrogens (tertiary/aromatic N) is 2. The molecule has 0 bridgehead atoms. The molecular weight excluding hydrogens is 487 g/mol. The summed E-state index contributed by atoms with van der Waals surface area (Å²) in [6.07, 6.45) is 0.990. The highest BCUT2D eigenvalue weighted by Crippen LogP contribution is 2.32. The van der Waals surface area contributed by atoms with E-state index in [0.717, 1.165) is 55.1 Å². The number of sulfonamides is 1. The van der Waals surface area contributed by atoms with Gasteiger partial charge in [-0.15, -0.1) is 11.3 Å². The van der Waals surface area contributed by atoms with Crippen molar-refractivity contribution in [1.29, 1.82) is 0 Å². The molecule has 0 spiro atoms. The smallest absolute Gasteiger partial charge is 0.266 e. The van der Waals surface area contributed by atoms with E-state index in [-0.39, 0.29) is 34.3 Å². The van der Waals surface area contributed by atoms with Gasteiger partial charge < -0.3 is 4.74 Å². The van der Waals surface area contributed by atoms with Gasteiger partial charge in [-0.05, 0) is 37.7 Å². The SMILES string of the molecule is O=S(=O)(Nc1cscn1)c1cc(Cl)c(OCc2c(F)ccc(F)c2CN2CCC2)cc1F. The summed E-state index contributed by atoms with van der Waals surface area (Å²) >= 11 is 7.27. The van der Waals surface area contributed by atoms with E-state index < -0.39 is 39.0 Å². The van der Waals surface area contributed by atoms with Crippen LogP contribution in [0.4, 0.5) is 19.0 Å². The minimum Gasteiger partial charge on any atom is -0.487 e. The lowest BCUT2D eigenvalue weighted by molar-refractivity contribution is 0.168. The van der Waals surface area contributed by atoms with Crippen LogP contribution in [0.15, 0.2) is 40.1 Å². The van der Waals surface area contributed by atoms with E-state index in [0.29, 0.717) is 0 Å². The second-order valence-corrected chi connectivity index (χ2v) is 9.87. The molecule has 0 saturated carbocycles. The molecule has 1 saturated heterocycles. The number of benzene rings is 2. The highest BCUT2D eigenvalue weighted by atomic mass is 35.5. The average Bonchev–Trinajstić information content (AvgIpc) is 3.20. The lowest BCUT2D eigenvalue weighted by Gasteiger charge is -2.31. The minimum atomic E-state index is -4.29. The number of halogens is 4. The van der Waals surface area contributed by atoms with Crippen molar-refractivity contribution in [1.82, 2.24) is 9.88 Å². The van der Waals surface area contributed by atoms with Crippen LogP contribution in [0.25, 0.3) is 0 Å². The van der Waals surface area contributed by atoms with Gasteiger partial charge in [0.25, 0.3) is 10.0 Å². The Balaban J connectivity index is 1.56. The third-order valence-electron chi connectivity index (χ3n) is 4.97. The van der Waals surface area contributed by atoms with Gasteiger partial charge in [-0.1, -0.05) is 11.6 Å². The second-order valence-electron chi connectivity index (χ2n) is 7.10. The Kier molecular flexibility index (Phi) is 6.61. The van der Waals surface area contributed by atoms with Gasteiger partial charge in [0, 0.05) is 29.1 Å². The number of nitrogens with one attached hydrogen (secondary N) is 1. The summed E-state index contributed by atoms with van der Waals surface area (Å²) in [5.41, 5.74) is 1.57. The number of likely N-dealkylation sites (tertiary alicyclic amines) is 1. The number of hydrogen-bond donors (Lipinski definition) is 1. The summed E-state index contributed by atoms with van der Waals surface area (Å²) in [5, 5.41) is 1.24. The summed E-state index contributed by atoms with van der Waals surface area (Å²) in [4.78, 5) is 5.06. The maximum absolute atomic E-state index is 14.6. The first-order chi connectivity index (χ1) is 15.2. The topological polar surface area (TPSA) is 71.5 Å². The normalized spacial score (nSPS) is 14.2. The zero-order valence-electron chi connectivity index (χ0n) is 16.4. The highest BCUT2D eigenvalue weighted by Gasteiger charge is 2.24. The molecule has 0 unspecified atom stereocenters. The molecule has 0 radical (unpaired) electrons. The second kappa shape index (κ2) is 9.26. The van der Waals surface area contributed by atoms with Crippen LogP contribution < -0.4 is 9.46 Å². The lowest BCUT2D eigenvalue weighted by atomic mass is 10.0. The van der Waals surface area contributed by atoms with Crippen molar-refractivity contribution in [2.45, 2.75) is 24.5 Å². The predicted octanol–water partition coefficient (Wildman–Crippen LogP) is 4.80. The first kappa shape index (κ1) is 22.8. The number of hydrogen-bond acceptors (Lipinski definition) is 6. The van der Waals surface area contributed by atoms with Crippen molar-refractivity contribution in [2.75, 3.05) is 17.8 Å². The van der Waals surface area contributed by atoms with Crippen molar-refractivity contribution in [3.8, 4) is 5.75 Å².